The molecule has 0 bridgehead atoms. The van der Waals surface area contributed by atoms with Crippen molar-refractivity contribution in [3.05, 3.63) is 24.2 Å². The second-order valence-electron chi connectivity index (χ2n) is 4.99. The van der Waals surface area contributed by atoms with Crippen LogP contribution in [0.4, 0.5) is 0 Å². The minimum atomic E-state index is -0.565. The van der Waals surface area contributed by atoms with Crippen molar-refractivity contribution in [1.82, 2.24) is 0 Å². The quantitative estimate of drug-likeness (QED) is 0.879. The van der Waals surface area contributed by atoms with Crippen LogP contribution in [-0.2, 0) is 9.47 Å². The third kappa shape index (κ3) is 3.09. The summed E-state index contributed by atoms with van der Waals surface area (Å²) in [4.78, 5) is 0. The summed E-state index contributed by atoms with van der Waals surface area (Å²) in [5, 5.41) is 9.90. The highest BCUT2D eigenvalue weighted by molar-refractivity contribution is 5.01. The van der Waals surface area contributed by atoms with Crippen molar-refractivity contribution in [2.45, 2.75) is 57.7 Å². The third-order valence-electron chi connectivity index (χ3n) is 3.02. The Balaban J connectivity index is 1.83. The van der Waals surface area contributed by atoms with Gasteiger partial charge in [-0.3, -0.25) is 0 Å². The predicted molar refractivity (Wildman–Crippen MR) is 62.4 cm³/mol. The Hall–Kier alpha value is -0.840. The van der Waals surface area contributed by atoms with Crippen molar-refractivity contribution in [3.8, 4) is 0 Å². The average molecular weight is 240 g/mol. The minimum absolute atomic E-state index is 0.0367. The fraction of sp³-hybridized carbons (Fsp3) is 0.692. The summed E-state index contributed by atoms with van der Waals surface area (Å²) in [5.41, 5.74) is 0. The fourth-order valence-corrected chi connectivity index (χ4v) is 2.25. The molecule has 17 heavy (non-hydrogen) atoms. The molecular formula is C13H20O4. The van der Waals surface area contributed by atoms with Crippen molar-refractivity contribution in [2.75, 3.05) is 0 Å². The van der Waals surface area contributed by atoms with Crippen molar-refractivity contribution in [3.63, 3.8) is 0 Å². The molecule has 1 aromatic heterocycles. The minimum Gasteiger partial charge on any atom is -0.467 e. The summed E-state index contributed by atoms with van der Waals surface area (Å²) in [5.74, 6) is 0.0931. The Morgan fingerprint density at radius 3 is 2.71 bits per heavy atom. The number of aliphatic hydroxyl groups excluding tert-OH is 1. The number of furan rings is 1. The molecule has 4 heteroatoms. The first-order valence-electron chi connectivity index (χ1n) is 6.05. The summed E-state index contributed by atoms with van der Waals surface area (Å²) in [6, 6.07) is 3.56. The molecular weight excluding hydrogens is 220 g/mol. The van der Waals surface area contributed by atoms with E-state index in [1.54, 1.807) is 18.4 Å². The van der Waals surface area contributed by atoms with Crippen LogP contribution in [0, 0.1) is 0 Å². The zero-order valence-electron chi connectivity index (χ0n) is 10.6. The van der Waals surface area contributed by atoms with Gasteiger partial charge in [0, 0.05) is 0 Å². The Bertz CT molecular complexity index is 344. The van der Waals surface area contributed by atoms with Crippen molar-refractivity contribution in [1.29, 1.82) is 0 Å². The topological polar surface area (TPSA) is 51.8 Å². The van der Waals surface area contributed by atoms with Gasteiger partial charge in [-0.1, -0.05) is 0 Å². The first-order chi connectivity index (χ1) is 7.98. The van der Waals surface area contributed by atoms with Gasteiger partial charge in [-0.25, -0.2) is 0 Å². The second kappa shape index (κ2) is 4.80. The Morgan fingerprint density at radius 2 is 2.18 bits per heavy atom. The lowest BCUT2D eigenvalue weighted by Gasteiger charge is -2.17. The van der Waals surface area contributed by atoms with Gasteiger partial charge in [0.25, 0.3) is 0 Å². The van der Waals surface area contributed by atoms with Gasteiger partial charge in [-0.05, 0) is 45.7 Å². The molecule has 2 rings (SSSR count). The Labute approximate surface area is 102 Å². The van der Waals surface area contributed by atoms with Gasteiger partial charge < -0.3 is 19.0 Å². The van der Waals surface area contributed by atoms with E-state index in [0.29, 0.717) is 12.2 Å². The molecule has 1 fully saturated rings. The van der Waals surface area contributed by atoms with Gasteiger partial charge in [0.15, 0.2) is 5.79 Å². The van der Waals surface area contributed by atoms with Crippen molar-refractivity contribution in [2.24, 2.45) is 0 Å². The number of rotatable bonds is 4. The Morgan fingerprint density at radius 1 is 1.41 bits per heavy atom. The predicted octanol–water partition coefficient (Wildman–Crippen LogP) is 2.63. The SMILES string of the molecule is C[C@@H]1OC(C)(C)O[C@H]1CC[C@H](O)c1ccco1. The van der Waals surface area contributed by atoms with Crippen LogP contribution in [-0.4, -0.2) is 23.1 Å². The molecule has 0 spiro atoms. The van der Waals surface area contributed by atoms with Gasteiger partial charge in [-0.15, -0.1) is 0 Å². The fourth-order valence-electron chi connectivity index (χ4n) is 2.25. The zero-order valence-corrected chi connectivity index (χ0v) is 10.6. The van der Waals surface area contributed by atoms with E-state index in [1.165, 1.54) is 0 Å². The van der Waals surface area contributed by atoms with Gasteiger partial charge >= 0.3 is 0 Å². The molecule has 1 N–H and O–H groups in total. The lowest BCUT2D eigenvalue weighted by Crippen LogP contribution is -2.21. The summed E-state index contributed by atoms with van der Waals surface area (Å²) < 4.78 is 16.6. The molecule has 0 aliphatic carbocycles. The van der Waals surface area contributed by atoms with E-state index in [9.17, 15) is 5.11 Å². The molecule has 1 saturated heterocycles. The monoisotopic (exact) mass is 240 g/mol. The molecule has 0 radical (unpaired) electrons. The van der Waals surface area contributed by atoms with E-state index in [1.807, 2.05) is 20.8 Å². The van der Waals surface area contributed by atoms with Gasteiger partial charge in [0.1, 0.15) is 11.9 Å². The smallest absolute Gasteiger partial charge is 0.163 e. The molecule has 2 heterocycles. The van der Waals surface area contributed by atoms with Gasteiger partial charge in [-0.2, -0.15) is 0 Å². The average Bonchev–Trinajstić information content (AvgIpc) is 2.82. The van der Waals surface area contributed by atoms with Crippen LogP contribution in [0.5, 0.6) is 0 Å². The molecule has 0 aromatic carbocycles. The number of hydrogen-bond acceptors (Lipinski definition) is 4. The molecule has 1 aliphatic heterocycles. The van der Waals surface area contributed by atoms with Crippen LogP contribution < -0.4 is 0 Å². The standard InChI is InChI=1S/C13H20O4/c1-9-11(17-13(2,3)16-9)7-6-10(14)12-5-4-8-15-12/h4-5,8-11,14H,6-7H2,1-3H3/t9-,10-,11-/m0/s1. The van der Waals surface area contributed by atoms with Crippen LogP contribution in [0.25, 0.3) is 0 Å². The molecule has 0 amide bonds. The summed E-state index contributed by atoms with van der Waals surface area (Å²) in [6.45, 7) is 5.82. The maximum atomic E-state index is 9.90. The van der Waals surface area contributed by atoms with Crippen LogP contribution >= 0.6 is 0 Å². The highest BCUT2D eigenvalue weighted by Crippen LogP contribution is 2.32. The van der Waals surface area contributed by atoms with Gasteiger partial charge in [0.05, 0.1) is 18.5 Å². The maximum absolute atomic E-state index is 9.90. The molecule has 0 unspecified atom stereocenters. The van der Waals surface area contributed by atoms with Gasteiger partial charge in [0.2, 0.25) is 0 Å². The highest BCUT2D eigenvalue weighted by Gasteiger charge is 2.38. The largest absolute Gasteiger partial charge is 0.467 e. The van der Waals surface area contributed by atoms with E-state index >= 15 is 0 Å². The summed E-state index contributed by atoms with van der Waals surface area (Å²) in [6.07, 6.45) is 2.47. The molecule has 96 valence electrons. The summed E-state index contributed by atoms with van der Waals surface area (Å²) >= 11 is 0. The van der Waals surface area contributed by atoms with Crippen LogP contribution in [0.1, 0.15) is 45.5 Å². The summed E-state index contributed by atoms with van der Waals surface area (Å²) in [7, 11) is 0. The second-order valence-corrected chi connectivity index (χ2v) is 4.99. The van der Waals surface area contributed by atoms with E-state index in [4.69, 9.17) is 13.9 Å². The van der Waals surface area contributed by atoms with Crippen LogP contribution in [0.3, 0.4) is 0 Å². The normalized spacial score (nSPS) is 29.4. The Kier molecular flexibility index (Phi) is 3.56. The zero-order chi connectivity index (χ0) is 12.5. The highest BCUT2D eigenvalue weighted by atomic mass is 16.7. The molecule has 1 aromatic rings. The molecule has 0 saturated carbocycles. The van der Waals surface area contributed by atoms with Crippen LogP contribution in [0.2, 0.25) is 0 Å². The number of hydrogen-bond donors (Lipinski definition) is 1. The number of ether oxygens (including phenoxy) is 2. The molecule has 3 atom stereocenters. The number of aliphatic hydroxyl groups is 1. The van der Waals surface area contributed by atoms with Crippen LogP contribution in [0.15, 0.2) is 22.8 Å². The maximum Gasteiger partial charge on any atom is 0.163 e. The third-order valence-corrected chi connectivity index (χ3v) is 3.02. The van der Waals surface area contributed by atoms with Crippen molar-refractivity contribution >= 4 is 0 Å². The van der Waals surface area contributed by atoms with E-state index in [-0.39, 0.29) is 12.2 Å². The molecule has 4 nitrogen and oxygen atoms in total. The first-order valence-corrected chi connectivity index (χ1v) is 6.05. The molecule has 1 aliphatic rings. The van der Waals surface area contributed by atoms with E-state index in [0.717, 1.165) is 6.42 Å². The first kappa shape index (κ1) is 12.6. The lowest BCUT2D eigenvalue weighted by molar-refractivity contribution is -0.145. The van der Waals surface area contributed by atoms with E-state index in [2.05, 4.69) is 0 Å². The lowest BCUT2D eigenvalue weighted by atomic mass is 10.1. The van der Waals surface area contributed by atoms with Crippen molar-refractivity contribution < 1.29 is 19.0 Å². The van der Waals surface area contributed by atoms with E-state index < -0.39 is 11.9 Å².